The number of aliphatic hydroxyl groups is 2. The molecule has 0 fully saturated rings. The van der Waals surface area contributed by atoms with E-state index in [2.05, 4.69) is 55.6 Å². The lowest BCUT2D eigenvalue weighted by atomic mass is 10.0. The number of carbonyl (C=O) groups is 2. The Bertz CT molecular complexity index is 1110. The van der Waals surface area contributed by atoms with Gasteiger partial charge in [0.1, 0.15) is 0 Å². The first kappa shape index (κ1) is 63.8. The SMILES string of the molecule is CCCCCCC/C=C\CCCCCCCC(=O)OCCCCC/C=C\C/C=C\CCCCCCCCCC(=O)NC(CO)C(O)/C=C/CCCCCCCCCCCCCCCCCC. The third-order valence-electron chi connectivity index (χ3n) is 13.1. The first-order valence-corrected chi connectivity index (χ1v) is 28.9. The van der Waals surface area contributed by atoms with E-state index in [1.807, 2.05) is 6.08 Å². The molecule has 1 amide bonds. The van der Waals surface area contributed by atoms with Crippen LogP contribution in [0.15, 0.2) is 48.6 Å². The van der Waals surface area contributed by atoms with Crippen LogP contribution < -0.4 is 5.32 Å². The number of carbonyl (C=O) groups excluding carboxylic acids is 2. The van der Waals surface area contributed by atoms with Gasteiger partial charge in [-0.15, -0.1) is 0 Å². The van der Waals surface area contributed by atoms with Crippen molar-refractivity contribution in [3.8, 4) is 0 Å². The van der Waals surface area contributed by atoms with Crippen LogP contribution in [0.4, 0.5) is 0 Å². The van der Waals surface area contributed by atoms with Crippen molar-refractivity contribution in [3.05, 3.63) is 48.6 Å². The Morgan fingerprint density at radius 2 is 0.758 bits per heavy atom. The van der Waals surface area contributed by atoms with E-state index in [0.717, 1.165) is 83.5 Å². The van der Waals surface area contributed by atoms with Gasteiger partial charge in [0.05, 0.1) is 25.4 Å². The Kier molecular flexibility index (Phi) is 53.6. The first-order valence-electron chi connectivity index (χ1n) is 28.9. The van der Waals surface area contributed by atoms with Gasteiger partial charge in [-0.05, 0) is 96.3 Å². The van der Waals surface area contributed by atoms with Gasteiger partial charge < -0.3 is 20.3 Å². The van der Waals surface area contributed by atoms with Crippen molar-refractivity contribution in [3.63, 3.8) is 0 Å². The average Bonchev–Trinajstić information content (AvgIpc) is 3.32. The quantitative estimate of drug-likeness (QED) is 0.0321. The summed E-state index contributed by atoms with van der Waals surface area (Å²) in [6.07, 6.45) is 69.8. The first-order chi connectivity index (χ1) is 32.5. The van der Waals surface area contributed by atoms with Crippen LogP contribution in [0, 0.1) is 0 Å². The summed E-state index contributed by atoms with van der Waals surface area (Å²) in [5, 5.41) is 23.1. The summed E-state index contributed by atoms with van der Waals surface area (Å²) in [4.78, 5) is 24.5. The molecule has 0 aliphatic carbocycles. The highest BCUT2D eigenvalue weighted by Crippen LogP contribution is 2.16. The molecule has 0 saturated heterocycles. The molecule has 0 aliphatic heterocycles. The van der Waals surface area contributed by atoms with Crippen molar-refractivity contribution in [1.29, 1.82) is 0 Å². The zero-order valence-corrected chi connectivity index (χ0v) is 43.9. The largest absolute Gasteiger partial charge is 0.466 e. The lowest BCUT2D eigenvalue weighted by molar-refractivity contribution is -0.143. The van der Waals surface area contributed by atoms with E-state index in [9.17, 15) is 19.8 Å². The molecule has 2 atom stereocenters. The van der Waals surface area contributed by atoms with Gasteiger partial charge in [0, 0.05) is 12.8 Å². The van der Waals surface area contributed by atoms with Gasteiger partial charge in [0.15, 0.2) is 0 Å². The zero-order valence-electron chi connectivity index (χ0n) is 43.9. The number of hydrogen-bond donors (Lipinski definition) is 3. The molecule has 3 N–H and O–H groups in total. The molecule has 0 radical (unpaired) electrons. The van der Waals surface area contributed by atoms with Crippen molar-refractivity contribution >= 4 is 11.9 Å². The van der Waals surface area contributed by atoms with Crippen LogP contribution in [-0.2, 0) is 14.3 Å². The molecule has 0 bridgehead atoms. The van der Waals surface area contributed by atoms with Crippen molar-refractivity contribution in [2.75, 3.05) is 13.2 Å². The molecule has 6 heteroatoms. The van der Waals surface area contributed by atoms with Crippen molar-refractivity contribution in [1.82, 2.24) is 5.32 Å². The van der Waals surface area contributed by atoms with Gasteiger partial charge >= 0.3 is 5.97 Å². The molecular formula is C60H111NO5. The number of nitrogens with one attached hydrogen (secondary N) is 1. The van der Waals surface area contributed by atoms with Gasteiger partial charge in [0.25, 0.3) is 0 Å². The van der Waals surface area contributed by atoms with Gasteiger partial charge in [0.2, 0.25) is 5.91 Å². The standard InChI is InChI=1S/C60H111NO5/c1-3-5-7-9-11-13-15-17-19-20-22-25-28-32-36-40-44-48-52-58(63)57(56-62)61-59(64)53-49-45-41-37-33-29-26-23-21-24-27-31-35-39-43-47-51-55-66-60(65)54-50-46-42-38-34-30-18-16-14-12-10-8-6-4-2/h16,18,21,24,31,35,48,52,57-58,62-63H,3-15,17,19-20,22-23,25-30,32-34,36-47,49-51,53-56H2,1-2H3,(H,61,64)/b18-16-,24-21-,35-31-,52-48+. The second-order valence-electron chi connectivity index (χ2n) is 19.6. The summed E-state index contributed by atoms with van der Waals surface area (Å²) >= 11 is 0. The van der Waals surface area contributed by atoms with Crippen LogP contribution in [0.5, 0.6) is 0 Å². The van der Waals surface area contributed by atoms with Gasteiger partial charge in [-0.2, -0.15) is 0 Å². The van der Waals surface area contributed by atoms with E-state index >= 15 is 0 Å². The topological polar surface area (TPSA) is 95.9 Å². The fourth-order valence-electron chi connectivity index (χ4n) is 8.60. The summed E-state index contributed by atoms with van der Waals surface area (Å²) in [6, 6.07) is -0.641. The molecule has 0 saturated carbocycles. The summed E-state index contributed by atoms with van der Waals surface area (Å²) in [7, 11) is 0. The maximum Gasteiger partial charge on any atom is 0.305 e. The van der Waals surface area contributed by atoms with Crippen LogP contribution >= 0.6 is 0 Å². The highest BCUT2D eigenvalue weighted by molar-refractivity contribution is 5.76. The van der Waals surface area contributed by atoms with E-state index in [0.29, 0.717) is 19.4 Å². The Morgan fingerprint density at radius 3 is 1.17 bits per heavy atom. The molecule has 0 spiro atoms. The van der Waals surface area contributed by atoms with Gasteiger partial charge in [-0.1, -0.05) is 236 Å². The Hall–Kier alpha value is -2.18. The average molecular weight is 927 g/mol. The summed E-state index contributed by atoms with van der Waals surface area (Å²) in [5.74, 6) is -0.109. The molecular weight excluding hydrogens is 815 g/mol. The maximum absolute atomic E-state index is 12.5. The molecule has 0 aliphatic rings. The lowest BCUT2D eigenvalue weighted by Gasteiger charge is -2.20. The fraction of sp³-hybridized carbons (Fsp3) is 0.833. The number of hydrogen-bond acceptors (Lipinski definition) is 5. The summed E-state index contributed by atoms with van der Waals surface area (Å²) in [6.45, 7) is 4.85. The fourth-order valence-corrected chi connectivity index (χ4v) is 8.60. The van der Waals surface area contributed by atoms with Crippen LogP contribution in [0.1, 0.15) is 296 Å². The van der Waals surface area contributed by atoms with E-state index in [1.54, 1.807) is 6.08 Å². The third kappa shape index (κ3) is 51.2. The highest BCUT2D eigenvalue weighted by atomic mass is 16.5. The number of ether oxygens (including phenoxy) is 1. The number of amides is 1. The minimum atomic E-state index is -0.856. The van der Waals surface area contributed by atoms with Crippen LogP contribution in [0.25, 0.3) is 0 Å². The molecule has 2 unspecified atom stereocenters. The van der Waals surface area contributed by atoms with Crippen LogP contribution in [0.3, 0.4) is 0 Å². The number of unbranched alkanes of at least 4 members (excludes halogenated alkanes) is 36. The number of aliphatic hydroxyl groups excluding tert-OH is 2. The summed E-state index contributed by atoms with van der Waals surface area (Å²) in [5.41, 5.74) is 0. The predicted octanol–water partition coefficient (Wildman–Crippen LogP) is 17.8. The van der Waals surface area contributed by atoms with Gasteiger partial charge in [-0.25, -0.2) is 0 Å². The van der Waals surface area contributed by atoms with E-state index < -0.39 is 12.1 Å². The van der Waals surface area contributed by atoms with E-state index in [4.69, 9.17) is 4.74 Å². The second kappa shape index (κ2) is 55.4. The van der Waals surface area contributed by atoms with E-state index in [1.165, 1.54) is 186 Å². The van der Waals surface area contributed by atoms with Crippen molar-refractivity contribution < 1.29 is 24.5 Å². The van der Waals surface area contributed by atoms with Crippen molar-refractivity contribution in [2.45, 2.75) is 309 Å². The smallest absolute Gasteiger partial charge is 0.305 e. The Balaban J connectivity index is 3.54. The molecule has 0 aromatic carbocycles. The Labute approximate surface area is 410 Å². The molecule has 0 rings (SSSR count). The predicted molar refractivity (Wildman–Crippen MR) is 287 cm³/mol. The molecule has 0 aromatic heterocycles. The second-order valence-corrected chi connectivity index (χ2v) is 19.6. The van der Waals surface area contributed by atoms with E-state index in [-0.39, 0.29) is 18.5 Å². The number of esters is 1. The molecule has 386 valence electrons. The highest BCUT2D eigenvalue weighted by Gasteiger charge is 2.18. The normalized spacial score (nSPS) is 13.0. The summed E-state index contributed by atoms with van der Waals surface area (Å²) < 4.78 is 5.44. The number of allylic oxidation sites excluding steroid dienone is 7. The zero-order chi connectivity index (χ0) is 47.9. The molecule has 6 nitrogen and oxygen atoms in total. The molecule has 0 aromatic rings. The van der Waals surface area contributed by atoms with Crippen molar-refractivity contribution in [2.24, 2.45) is 0 Å². The van der Waals surface area contributed by atoms with Crippen LogP contribution in [-0.4, -0.2) is 47.4 Å². The minimum absolute atomic E-state index is 0.0254. The third-order valence-corrected chi connectivity index (χ3v) is 13.1. The molecule has 0 heterocycles. The lowest BCUT2D eigenvalue weighted by Crippen LogP contribution is -2.45. The minimum Gasteiger partial charge on any atom is -0.466 e. The maximum atomic E-state index is 12.5. The monoisotopic (exact) mass is 926 g/mol. The molecule has 66 heavy (non-hydrogen) atoms. The number of rotatable bonds is 53. The van der Waals surface area contributed by atoms with Gasteiger partial charge in [-0.3, -0.25) is 9.59 Å². The Morgan fingerprint density at radius 1 is 0.424 bits per heavy atom. The van der Waals surface area contributed by atoms with Crippen LogP contribution in [0.2, 0.25) is 0 Å².